The maximum Gasteiger partial charge on any atom is 0.343 e. The Bertz CT molecular complexity index is 622. The van der Waals surface area contributed by atoms with E-state index in [1.54, 1.807) is 4.57 Å². The lowest BCUT2D eigenvalue weighted by Crippen LogP contribution is -2.17. The number of nitrogens with two attached hydrogens (primary N) is 1. The Morgan fingerprint density at radius 3 is 3.00 bits per heavy atom. The number of rotatable bonds is 5. The molecule has 1 heterocycles. The number of benzene rings is 1. The summed E-state index contributed by atoms with van der Waals surface area (Å²) in [7, 11) is 0. The van der Waals surface area contributed by atoms with Gasteiger partial charge in [-0.15, -0.1) is 5.10 Å². The Hall–Kier alpha value is -1.05. The zero-order valence-electron chi connectivity index (χ0n) is 10.5. The second kappa shape index (κ2) is 6.40. The summed E-state index contributed by atoms with van der Waals surface area (Å²) in [5.41, 5.74) is 6.59. The van der Waals surface area contributed by atoms with Crippen LogP contribution in [0.4, 0.5) is 0 Å². The summed E-state index contributed by atoms with van der Waals surface area (Å²) in [4.78, 5) is 12.6. The SMILES string of the molecule is CCCn1c(Sc2cc(Br)ccc2CN)n[nH]c1=O. The smallest absolute Gasteiger partial charge is 0.326 e. The van der Waals surface area contributed by atoms with E-state index in [4.69, 9.17) is 5.73 Å². The maximum atomic E-state index is 11.6. The molecule has 0 atom stereocenters. The van der Waals surface area contributed by atoms with Crippen LogP contribution >= 0.6 is 27.7 Å². The van der Waals surface area contributed by atoms with E-state index < -0.39 is 0 Å². The van der Waals surface area contributed by atoms with Crippen LogP contribution in [0.15, 0.2) is 37.5 Å². The van der Waals surface area contributed by atoms with Crippen LogP contribution < -0.4 is 11.4 Å². The van der Waals surface area contributed by atoms with E-state index in [1.165, 1.54) is 11.8 Å². The summed E-state index contributed by atoms with van der Waals surface area (Å²) >= 11 is 4.89. The molecule has 1 aromatic heterocycles. The summed E-state index contributed by atoms with van der Waals surface area (Å²) in [6, 6.07) is 5.92. The van der Waals surface area contributed by atoms with Gasteiger partial charge in [0, 0.05) is 22.5 Å². The number of aromatic nitrogens is 3. The first-order chi connectivity index (χ1) is 9.15. The van der Waals surface area contributed by atoms with Crippen molar-refractivity contribution in [3.8, 4) is 0 Å². The van der Waals surface area contributed by atoms with Crippen LogP contribution in [0.25, 0.3) is 0 Å². The number of nitrogens with one attached hydrogen (secondary N) is 1. The van der Waals surface area contributed by atoms with Crippen molar-refractivity contribution in [3.63, 3.8) is 0 Å². The highest BCUT2D eigenvalue weighted by atomic mass is 79.9. The molecule has 0 saturated heterocycles. The molecule has 0 aliphatic rings. The van der Waals surface area contributed by atoms with Crippen LogP contribution in [0.3, 0.4) is 0 Å². The Kier molecular flexibility index (Phi) is 4.84. The minimum Gasteiger partial charge on any atom is -0.326 e. The standard InChI is InChI=1S/C12H15BrN4OS/c1-2-5-17-11(18)15-16-12(17)19-10-6-9(13)4-3-8(10)7-14/h3-4,6H,2,5,7,14H2,1H3,(H,15,18). The largest absolute Gasteiger partial charge is 0.343 e. The molecule has 0 aliphatic carbocycles. The number of hydrogen-bond donors (Lipinski definition) is 2. The zero-order chi connectivity index (χ0) is 13.8. The predicted molar refractivity (Wildman–Crippen MR) is 79.3 cm³/mol. The highest BCUT2D eigenvalue weighted by molar-refractivity contribution is 9.10. The Morgan fingerprint density at radius 2 is 2.32 bits per heavy atom. The first kappa shape index (κ1) is 14.4. The molecule has 0 saturated carbocycles. The van der Waals surface area contributed by atoms with Gasteiger partial charge in [0.05, 0.1) is 0 Å². The van der Waals surface area contributed by atoms with Gasteiger partial charge in [-0.05, 0) is 35.9 Å². The third-order valence-corrected chi connectivity index (χ3v) is 4.21. The molecule has 2 rings (SSSR count). The van der Waals surface area contributed by atoms with Crippen molar-refractivity contribution >= 4 is 27.7 Å². The van der Waals surface area contributed by atoms with E-state index in [0.717, 1.165) is 21.4 Å². The van der Waals surface area contributed by atoms with Gasteiger partial charge in [0.1, 0.15) is 0 Å². The minimum atomic E-state index is -0.173. The summed E-state index contributed by atoms with van der Waals surface area (Å²) in [5, 5.41) is 7.22. The lowest BCUT2D eigenvalue weighted by atomic mass is 10.2. The van der Waals surface area contributed by atoms with Gasteiger partial charge < -0.3 is 5.73 Å². The highest BCUT2D eigenvalue weighted by Crippen LogP contribution is 2.30. The molecule has 5 nitrogen and oxygen atoms in total. The molecule has 3 N–H and O–H groups in total. The highest BCUT2D eigenvalue weighted by Gasteiger charge is 2.11. The topological polar surface area (TPSA) is 76.7 Å². The monoisotopic (exact) mass is 342 g/mol. The molecule has 0 amide bonds. The van der Waals surface area contributed by atoms with Crippen molar-refractivity contribution in [2.75, 3.05) is 0 Å². The van der Waals surface area contributed by atoms with E-state index in [1.807, 2.05) is 25.1 Å². The van der Waals surface area contributed by atoms with Crippen LogP contribution in [-0.2, 0) is 13.1 Å². The average Bonchev–Trinajstić information content (AvgIpc) is 2.72. The molecule has 0 spiro atoms. The Balaban J connectivity index is 2.35. The zero-order valence-corrected chi connectivity index (χ0v) is 12.9. The second-order valence-corrected chi connectivity index (χ2v) is 5.95. The van der Waals surface area contributed by atoms with Crippen molar-refractivity contribution in [2.24, 2.45) is 5.73 Å². The molecule has 1 aromatic carbocycles. The first-order valence-corrected chi connectivity index (χ1v) is 7.58. The van der Waals surface area contributed by atoms with Crippen molar-refractivity contribution in [1.82, 2.24) is 14.8 Å². The van der Waals surface area contributed by atoms with Gasteiger partial charge in [0.2, 0.25) is 0 Å². The summed E-state index contributed by atoms with van der Waals surface area (Å²) in [5.74, 6) is 0. The van der Waals surface area contributed by atoms with E-state index >= 15 is 0 Å². The number of hydrogen-bond acceptors (Lipinski definition) is 4. The van der Waals surface area contributed by atoms with Crippen LogP contribution in [-0.4, -0.2) is 14.8 Å². The van der Waals surface area contributed by atoms with Crippen molar-refractivity contribution < 1.29 is 0 Å². The van der Waals surface area contributed by atoms with Crippen molar-refractivity contribution in [1.29, 1.82) is 0 Å². The molecule has 2 aromatic rings. The predicted octanol–water partition coefficient (Wildman–Crippen LogP) is 2.35. The fourth-order valence-electron chi connectivity index (χ4n) is 1.69. The second-order valence-electron chi connectivity index (χ2n) is 4.02. The van der Waals surface area contributed by atoms with E-state index in [-0.39, 0.29) is 5.69 Å². The molecule has 0 radical (unpaired) electrons. The number of H-pyrrole nitrogens is 1. The molecule has 102 valence electrons. The van der Waals surface area contributed by atoms with Crippen LogP contribution in [0.5, 0.6) is 0 Å². The third kappa shape index (κ3) is 3.29. The van der Waals surface area contributed by atoms with Gasteiger partial charge in [-0.2, -0.15) is 0 Å². The molecule has 0 fully saturated rings. The molecule has 7 heteroatoms. The number of nitrogens with zero attached hydrogens (tertiary/aromatic N) is 2. The molecule has 0 bridgehead atoms. The van der Waals surface area contributed by atoms with Crippen LogP contribution in [0.1, 0.15) is 18.9 Å². The quantitative estimate of drug-likeness (QED) is 0.874. The van der Waals surface area contributed by atoms with Gasteiger partial charge >= 0.3 is 5.69 Å². The van der Waals surface area contributed by atoms with Gasteiger partial charge in [0.15, 0.2) is 5.16 Å². The molecule has 19 heavy (non-hydrogen) atoms. The normalized spacial score (nSPS) is 10.9. The number of aromatic amines is 1. The molecule has 0 unspecified atom stereocenters. The third-order valence-electron chi connectivity index (χ3n) is 2.62. The van der Waals surface area contributed by atoms with Gasteiger partial charge in [-0.3, -0.25) is 4.57 Å². The Morgan fingerprint density at radius 1 is 1.53 bits per heavy atom. The minimum absolute atomic E-state index is 0.173. The van der Waals surface area contributed by atoms with E-state index in [0.29, 0.717) is 18.2 Å². The van der Waals surface area contributed by atoms with Crippen molar-refractivity contribution in [2.45, 2.75) is 36.5 Å². The fourth-order valence-corrected chi connectivity index (χ4v) is 3.25. The molecular weight excluding hydrogens is 328 g/mol. The Labute approximate surface area is 123 Å². The lowest BCUT2D eigenvalue weighted by molar-refractivity contribution is 0.604. The first-order valence-electron chi connectivity index (χ1n) is 5.97. The average molecular weight is 343 g/mol. The van der Waals surface area contributed by atoms with Crippen molar-refractivity contribution in [3.05, 3.63) is 38.7 Å². The van der Waals surface area contributed by atoms with Gasteiger partial charge in [0.25, 0.3) is 0 Å². The molecule has 0 aliphatic heterocycles. The van der Waals surface area contributed by atoms with E-state index in [2.05, 4.69) is 26.1 Å². The summed E-state index contributed by atoms with van der Waals surface area (Å²) in [6.07, 6.45) is 0.884. The van der Waals surface area contributed by atoms with Gasteiger partial charge in [-0.25, -0.2) is 9.89 Å². The fraction of sp³-hybridized carbons (Fsp3) is 0.333. The maximum absolute atomic E-state index is 11.6. The summed E-state index contributed by atoms with van der Waals surface area (Å²) < 4.78 is 2.62. The lowest BCUT2D eigenvalue weighted by Gasteiger charge is -2.08. The van der Waals surface area contributed by atoms with E-state index in [9.17, 15) is 4.79 Å². The number of halogens is 1. The van der Waals surface area contributed by atoms with Crippen LogP contribution in [0, 0.1) is 0 Å². The van der Waals surface area contributed by atoms with Crippen LogP contribution in [0.2, 0.25) is 0 Å². The summed E-state index contributed by atoms with van der Waals surface area (Å²) in [6.45, 7) is 3.14. The van der Waals surface area contributed by atoms with Gasteiger partial charge in [-0.1, -0.05) is 28.9 Å². The molecular formula is C12H15BrN4OS.